The Balaban J connectivity index is 1.54. The van der Waals surface area contributed by atoms with Crippen LogP contribution >= 0.6 is 0 Å². The number of carbonyl (C=O) groups excluding carboxylic acids is 4. The van der Waals surface area contributed by atoms with Gasteiger partial charge in [0.15, 0.2) is 0 Å². The fraction of sp³-hybridized carbons (Fsp3) is 0.750. The van der Waals surface area contributed by atoms with Crippen LogP contribution in [-0.2, 0) is 42.9 Å². The van der Waals surface area contributed by atoms with Crippen molar-refractivity contribution < 1.29 is 42.9 Å². The molecule has 4 aliphatic carbocycles. The average molecular weight is 460 g/mol. The molecule has 9 nitrogen and oxygen atoms in total. The summed E-state index contributed by atoms with van der Waals surface area (Å²) in [5, 5.41) is 0. The minimum Gasteiger partial charge on any atom is -0.469 e. The van der Waals surface area contributed by atoms with E-state index < -0.39 is 63.5 Å². The van der Waals surface area contributed by atoms with Gasteiger partial charge in [0.1, 0.15) is 28.3 Å². The predicted octanol–water partition coefficient (Wildman–Crippen LogP) is 1.47. The zero-order valence-electron chi connectivity index (χ0n) is 19.2. The first-order chi connectivity index (χ1) is 15.5. The van der Waals surface area contributed by atoms with E-state index in [0.29, 0.717) is 32.3 Å². The van der Waals surface area contributed by atoms with Crippen LogP contribution in [0.4, 0.5) is 0 Å². The van der Waals surface area contributed by atoms with Crippen molar-refractivity contribution in [1.82, 2.24) is 0 Å². The minimum atomic E-state index is -1.24. The lowest BCUT2D eigenvalue weighted by molar-refractivity contribution is -0.174. The maximum Gasteiger partial charge on any atom is 0.317 e. The van der Waals surface area contributed by atoms with Gasteiger partial charge in [-0.2, -0.15) is 0 Å². The molecule has 2 aliphatic heterocycles. The van der Waals surface area contributed by atoms with Crippen LogP contribution in [0.5, 0.6) is 0 Å². The highest BCUT2D eigenvalue weighted by Crippen LogP contribution is 2.80. The third-order valence-corrected chi connectivity index (χ3v) is 9.63. The zero-order valence-corrected chi connectivity index (χ0v) is 19.2. The van der Waals surface area contributed by atoms with Gasteiger partial charge in [0, 0.05) is 25.7 Å². The van der Waals surface area contributed by atoms with Crippen molar-refractivity contribution in [2.75, 3.05) is 13.7 Å². The van der Waals surface area contributed by atoms with Crippen molar-refractivity contribution in [3.8, 4) is 0 Å². The van der Waals surface area contributed by atoms with Crippen LogP contribution in [0, 0.1) is 28.6 Å². The molecule has 0 unspecified atom stereocenters. The lowest BCUT2D eigenvalue weighted by Gasteiger charge is -2.45. The topological polar surface area (TPSA) is 118 Å². The molecule has 0 aromatic carbocycles. The van der Waals surface area contributed by atoms with E-state index in [-0.39, 0.29) is 11.9 Å². The highest BCUT2D eigenvalue weighted by Gasteiger charge is 2.88. The number of fused-ring (bicyclic) bond motifs is 2. The number of hydrogen-bond donors (Lipinski definition) is 0. The Morgan fingerprint density at radius 1 is 1.15 bits per heavy atom. The summed E-state index contributed by atoms with van der Waals surface area (Å²) in [5.74, 6) is -3.24. The van der Waals surface area contributed by atoms with Gasteiger partial charge in [-0.1, -0.05) is 0 Å². The minimum absolute atomic E-state index is 0.174. The van der Waals surface area contributed by atoms with Crippen molar-refractivity contribution in [1.29, 1.82) is 0 Å². The molecule has 4 bridgehead atoms. The van der Waals surface area contributed by atoms with E-state index in [1.807, 2.05) is 6.08 Å². The quantitative estimate of drug-likeness (QED) is 0.267. The van der Waals surface area contributed by atoms with Crippen LogP contribution in [0.25, 0.3) is 0 Å². The maximum absolute atomic E-state index is 13.5. The molecular weight excluding hydrogens is 432 g/mol. The SMILES string of the molecule is COC(=O)[C@H]1[C@H]2[C@@]3(C=C[C@H](OC(C)=O)[C@@]2(C)C(=O)O3)[C@@H]2CC[C@]3(OC(C)=O)C[C@@]21C[C@]31CO1. The average Bonchev–Trinajstić information content (AvgIpc) is 3.39. The zero-order chi connectivity index (χ0) is 23.6. The molecule has 0 N–H and O–H groups in total. The van der Waals surface area contributed by atoms with Gasteiger partial charge in [-0.25, -0.2) is 0 Å². The molecule has 0 aromatic rings. The summed E-state index contributed by atoms with van der Waals surface area (Å²) in [4.78, 5) is 50.8. The van der Waals surface area contributed by atoms with E-state index in [2.05, 4.69) is 0 Å². The fourth-order valence-electron chi connectivity index (χ4n) is 8.67. The molecule has 2 spiro atoms. The Morgan fingerprint density at radius 2 is 1.88 bits per heavy atom. The van der Waals surface area contributed by atoms with Crippen molar-refractivity contribution in [2.24, 2.45) is 28.6 Å². The largest absolute Gasteiger partial charge is 0.469 e. The molecule has 2 heterocycles. The molecule has 6 aliphatic rings. The molecule has 5 fully saturated rings. The monoisotopic (exact) mass is 460 g/mol. The lowest BCUT2D eigenvalue weighted by atomic mass is 9.61. The number of rotatable bonds is 3. The Bertz CT molecular complexity index is 1030. The molecule has 9 heteroatoms. The van der Waals surface area contributed by atoms with E-state index >= 15 is 0 Å². The predicted molar refractivity (Wildman–Crippen MR) is 108 cm³/mol. The van der Waals surface area contributed by atoms with Crippen LogP contribution in [0.1, 0.15) is 46.5 Å². The number of methoxy groups -OCH3 is 1. The second-order valence-electron chi connectivity index (χ2n) is 10.9. The summed E-state index contributed by atoms with van der Waals surface area (Å²) in [6.45, 7) is 4.87. The van der Waals surface area contributed by atoms with Crippen molar-refractivity contribution >= 4 is 23.9 Å². The van der Waals surface area contributed by atoms with Crippen LogP contribution < -0.4 is 0 Å². The molecular formula is C24H28O9. The molecule has 2 saturated heterocycles. The number of ether oxygens (including phenoxy) is 5. The maximum atomic E-state index is 13.5. The summed E-state index contributed by atoms with van der Waals surface area (Å²) in [6.07, 6.45) is 4.87. The summed E-state index contributed by atoms with van der Waals surface area (Å²) in [5.41, 5.74) is -4.33. The molecule has 0 aromatic heterocycles. The second kappa shape index (κ2) is 5.98. The van der Waals surface area contributed by atoms with E-state index in [4.69, 9.17) is 23.7 Å². The molecule has 0 radical (unpaired) electrons. The van der Waals surface area contributed by atoms with Crippen molar-refractivity contribution in [3.63, 3.8) is 0 Å². The Kier molecular flexibility index (Phi) is 3.83. The van der Waals surface area contributed by atoms with Crippen LogP contribution in [-0.4, -0.2) is 60.5 Å². The lowest BCUT2D eigenvalue weighted by Crippen LogP contribution is -2.52. The van der Waals surface area contributed by atoms with Crippen LogP contribution in [0.3, 0.4) is 0 Å². The standard InChI is InChI=1S/C24H28O9/c1-12(25)31-15-6-8-24-14-5-7-22(32-13(2)26)9-21(14,10-23(22)11-30-23)16(18(27)29-4)17(24)20(15,3)19(28)33-24/h6,8,14-17H,5,7,9-11H2,1-4H3/t14-,15+,16-,17-,20-,21-,22+,23+,24-/m1/s1. The van der Waals surface area contributed by atoms with Crippen LogP contribution in [0.2, 0.25) is 0 Å². The smallest absolute Gasteiger partial charge is 0.317 e. The highest BCUT2D eigenvalue weighted by atomic mass is 16.6. The molecule has 0 amide bonds. The molecule has 3 saturated carbocycles. The van der Waals surface area contributed by atoms with Gasteiger partial charge < -0.3 is 23.7 Å². The first-order valence-corrected chi connectivity index (χ1v) is 11.5. The highest BCUT2D eigenvalue weighted by molar-refractivity contribution is 5.87. The fourth-order valence-corrected chi connectivity index (χ4v) is 8.67. The van der Waals surface area contributed by atoms with E-state index in [0.717, 1.165) is 0 Å². The molecule has 33 heavy (non-hydrogen) atoms. The normalized spacial score (nSPS) is 52.1. The van der Waals surface area contributed by atoms with Crippen molar-refractivity contribution in [2.45, 2.75) is 69.4 Å². The van der Waals surface area contributed by atoms with Gasteiger partial charge in [0.05, 0.1) is 19.6 Å². The van der Waals surface area contributed by atoms with Gasteiger partial charge >= 0.3 is 23.9 Å². The number of hydrogen-bond acceptors (Lipinski definition) is 9. The molecule has 178 valence electrons. The Morgan fingerprint density at radius 3 is 2.48 bits per heavy atom. The summed E-state index contributed by atoms with van der Waals surface area (Å²) in [7, 11) is 1.34. The number of epoxide rings is 1. The van der Waals surface area contributed by atoms with E-state index in [1.165, 1.54) is 21.0 Å². The second-order valence-corrected chi connectivity index (χ2v) is 10.9. The van der Waals surface area contributed by atoms with Crippen molar-refractivity contribution in [3.05, 3.63) is 12.2 Å². The van der Waals surface area contributed by atoms with Gasteiger partial charge in [0.25, 0.3) is 0 Å². The first-order valence-electron chi connectivity index (χ1n) is 11.5. The van der Waals surface area contributed by atoms with E-state index in [9.17, 15) is 19.2 Å². The summed E-state index contributed by atoms with van der Waals surface area (Å²) >= 11 is 0. The summed E-state index contributed by atoms with van der Waals surface area (Å²) < 4.78 is 29.0. The van der Waals surface area contributed by atoms with Gasteiger partial charge in [0.2, 0.25) is 0 Å². The molecule has 9 atom stereocenters. The third kappa shape index (κ3) is 2.18. The van der Waals surface area contributed by atoms with Gasteiger partial charge in [-0.3, -0.25) is 19.2 Å². The summed E-state index contributed by atoms with van der Waals surface area (Å²) in [6, 6.07) is 0. The van der Waals surface area contributed by atoms with E-state index in [1.54, 1.807) is 13.0 Å². The Labute approximate surface area is 191 Å². The Hall–Kier alpha value is -2.42. The first kappa shape index (κ1) is 21.1. The number of esters is 4. The van der Waals surface area contributed by atoms with Gasteiger partial charge in [-0.15, -0.1) is 0 Å². The van der Waals surface area contributed by atoms with Crippen LogP contribution in [0.15, 0.2) is 12.2 Å². The third-order valence-electron chi connectivity index (χ3n) is 9.63. The number of carbonyl (C=O) groups is 4. The van der Waals surface area contributed by atoms with Gasteiger partial charge in [-0.05, 0) is 50.2 Å². The molecule has 6 rings (SSSR count).